The van der Waals surface area contributed by atoms with E-state index < -0.39 is 0 Å². The van der Waals surface area contributed by atoms with Crippen LogP contribution in [0.4, 0.5) is 0 Å². The van der Waals surface area contributed by atoms with Crippen molar-refractivity contribution in [3.05, 3.63) is 0 Å². The second-order valence-corrected chi connectivity index (χ2v) is 5.74. The molecule has 0 aliphatic carbocycles. The Hall–Kier alpha value is 0.310. The Kier molecular flexibility index (Phi) is 5.38. The van der Waals surface area contributed by atoms with Crippen LogP contribution in [0, 0.1) is 0 Å². The van der Waals surface area contributed by atoms with Crippen LogP contribution in [0.1, 0.15) is 47.0 Å². The highest BCUT2D eigenvalue weighted by atomic mass is 32.2. The molecule has 0 fully saturated rings. The Morgan fingerprint density at radius 1 is 1.15 bits per heavy atom. The van der Waals surface area contributed by atoms with Crippen LogP contribution in [0.25, 0.3) is 0 Å². The summed E-state index contributed by atoms with van der Waals surface area (Å²) in [5.41, 5.74) is 0.299. The Morgan fingerprint density at radius 2 is 1.69 bits per heavy atom. The summed E-state index contributed by atoms with van der Waals surface area (Å²) in [5, 5.41) is 3.44. The monoisotopic (exact) mass is 203 g/mol. The van der Waals surface area contributed by atoms with E-state index in [1.165, 1.54) is 19.3 Å². The lowest BCUT2D eigenvalue weighted by atomic mass is 9.86. The molecule has 0 aliphatic heterocycles. The second kappa shape index (κ2) is 5.26. The van der Waals surface area contributed by atoms with Gasteiger partial charge in [-0.15, -0.1) is 0 Å². The Balaban J connectivity index is 4.36. The SMILES string of the molecule is CCC(C)(CC(C)(CC)SC)NC. The molecule has 0 spiro atoms. The Morgan fingerprint density at radius 3 is 1.92 bits per heavy atom. The summed E-state index contributed by atoms with van der Waals surface area (Å²) in [7, 11) is 2.07. The maximum atomic E-state index is 3.44. The zero-order valence-corrected chi connectivity index (χ0v) is 10.8. The van der Waals surface area contributed by atoms with Crippen LogP contribution in [-0.4, -0.2) is 23.6 Å². The standard InChI is InChI=1S/C11H25NS/c1-7-10(3,12-5)9-11(4,8-2)13-6/h12H,7-9H2,1-6H3. The first kappa shape index (κ1) is 13.3. The molecule has 0 aromatic rings. The summed E-state index contributed by atoms with van der Waals surface area (Å²) in [5.74, 6) is 0. The van der Waals surface area contributed by atoms with Gasteiger partial charge in [0.25, 0.3) is 0 Å². The Labute approximate surface area is 88.1 Å². The third-order valence-corrected chi connectivity index (χ3v) is 4.81. The van der Waals surface area contributed by atoms with Crippen molar-refractivity contribution in [2.24, 2.45) is 0 Å². The first-order valence-corrected chi connectivity index (χ1v) is 6.42. The molecule has 0 radical (unpaired) electrons. The van der Waals surface area contributed by atoms with Gasteiger partial charge < -0.3 is 5.32 Å². The van der Waals surface area contributed by atoms with Gasteiger partial charge in [-0.25, -0.2) is 0 Å². The molecule has 0 saturated carbocycles. The summed E-state index contributed by atoms with van der Waals surface area (Å²) in [4.78, 5) is 0. The molecule has 1 N–H and O–H groups in total. The average molecular weight is 203 g/mol. The van der Waals surface area contributed by atoms with Crippen molar-refractivity contribution in [3.63, 3.8) is 0 Å². The topological polar surface area (TPSA) is 12.0 Å². The molecule has 13 heavy (non-hydrogen) atoms. The van der Waals surface area contributed by atoms with Gasteiger partial charge in [-0.1, -0.05) is 20.8 Å². The van der Waals surface area contributed by atoms with E-state index in [1.807, 2.05) is 11.8 Å². The van der Waals surface area contributed by atoms with E-state index >= 15 is 0 Å². The fraction of sp³-hybridized carbons (Fsp3) is 1.00. The van der Waals surface area contributed by atoms with Crippen LogP contribution in [0.5, 0.6) is 0 Å². The fourth-order valence-corrected chi connectivity index (χ4v) is 2.31. The molecule has 0 saturated heterocycles. The van der Waals surface area contributed by atoms with Gasteiger partial charge in [0.2, 0.25) is 0 Å². The van der Waals surface area contributed by atoms with Crippen LogP contribution in [0.2, 0.25) is 0 Å². The number of rotatable bonds is 6. The zero-order chi connectivity index (χ0) is 10.5. The number of nitrogens with one attached hydrogen (secondary N) is 1. The van der Waals surface area contributed by atoms with Gasteiger partial charge in [0, 0.05) is 10.3 Å². The lowest BCUT2D eigenvalue weighted by Crippen LogP contribution is -2.44. The van der Waals surface area contributed by atoms with Crippen molar-refractivity contribution < 1.29 is 0 Å². The minimum atomic E-state index is 0.299. The molecule has 0 aromatic heterocycles. The van der Waals surface area contributed by atoms with Gasteiger partial charge in [-0.3, -0.25) is 0 Å². The van der Waals surface area contributed by atoms with Crippen molar-refractivity contribution in [2.45, 2.75) is 57.2 Å². The zero-order valence-electron chi connectivity index (χ0n) is 10.0. The predicted molar refractivity (Wildman–Crippen MR) is 64.6 cm³/mol. The fourth-order valence-electron chi connectivity index (χ4n) is 1.56. The maximum absolute atomic E-state index is 3.44. The van der Waals surface area contributed by atoms with Crippen molar-refractivity contribution in [2.75, 3.05) is 13.3 Å². The van der Waals surface area contributed by atoms with Crippen LogP contribution in [-0.2, 0) is 0 Å². The van der Waals surface area contributed by atoms with Crippen LogP contribution in [0.15, 0.2) is 0 Å². The van der Waals surface area contributed by atoms with Gasteiger partial charge in [0.15, 0.2) is 0 Å². The van der Waals surface area contributed by atoms with E-state index in [2.05, 4.69) is 46.3 Å². The highest BCUT2D eigenvalue weighted by molar-refractivity contribution is 7.99. The molecule has 2 heteroatoms. The van der Waals surface area contributed by atoms with Crippen LogP contribution >= 0.6 is 11.8 Å². The summed E-state index contributed by atoms with van der Waals surface area (Å²) >= 11 is 1.99. The third-order valence-electron chi connectivity index (χ3n) is 3.39. The molecule has 0 aromatic carbocycles. The van der Waals surface area contributed by atoms with E-state index in [4.69, 9.17) is 0 Å². The van der Waals surface area contributed by atoms with E-state index in [0.717, 1.165) is 0 Å². The molecule has 80 valence electrons. The molecule has 0 aliphatic rings. The third kappa shape index (κ3) is 3.90. The molecule has 2 unspecified atom stereocenters. The Bertz CT molecular complexity index is 121. The minimum Gasteiger partial charge on any atom is -0.314 e. The minimum absolute atomic E-state index is 0.299. The van der Waals surface area contributed by atoms with Gasteiger partial charge in [-0.2, -0.15) is 11.8 Å². The van der Waals surface area contributed by atoms with E-state index in [9.17, 15) is 0 Å². The number of hydrogen-bond donors (Lipinski definition) is 1. The maximum Gasteiger partial charge on any atom is 0.0160 e. The van der Waals surface area contributed by atoms with Crippen LogP contribution in [0.3, 0.4) is 0 Å². The smallest absolute Gasteiger partial charge is 0.0160 e. The summed E-state index contributed by atoms with van der Waals surface area (Å²) in [6, 6.07) is 0. The van der Waals surface area contributed by atoms with Gasteiger partial charge in [0.1, 0.15) is 0 Å². The normalized spacial score (nSPS) is 20.8. The molecule has 0 rings (SSSR count). The van der Waals surface area contributed by atoms with Crippen molar-refractivity contribution >= 4 is 11.8 Å². The molecule has 2 atom stereocenters. The average Bonchev–Trinajstić information content (AvgIpc) is 2.17. The first-order valence-electron chi connectivity index (χ1n) is 5.19. The lowest BCUT2D eigenvalue weighted by molar-refractivity contribution is 0.306. The van der Waals surface area contributed by atoms with E-state index in [1.54, 1.807) is 0 Å². The van der Waals surface area contributed by atoms with Crippen molar-refractivity contribution in [1.29, 1.82) is 0 Å². The second-order valence-electron chi connectivity index (χ2n) is 4.35. The highest BCUT2D eigenvalue weighted by Crippen LogP contribution is 2.35. The summed E-state index contributed by atoms with van der Waals surface area (Å²) in [6.07, 6.45) is 5.89. The van der Waals surface area contributed by atoms with Crippen LogP contribution < -0.4 is 5.32 Å². The molecular formula is C11H25NS. The molecule has 0 bridgehead atoms. The summed E-state index contributed by atoms with van der Waals surface area (Å²) < 4.78 is 0.424. The van der Waals surface area contributed by atoms with E-state index in [-0.39, 0.29) is 0 Å². The number of thioether (sulfide) groups is 1. The largest absolute Gasteiger partial charge is 0.314 e. The van der Waals surface area contributed by atoms with Crippen molar-refractivity contribution in [3.8, 4) is 0 Å². The first-order chi connectivity index (χ1) is 5.95. The van der Waals surface area contributed by atoms with Gasteiger partial charge in [0.05, 0.1) is 0 Å². The van der Waals surface area contributed by atoms with Gasteiger partial charge in [-0.05, 0) is 39.5 Å². The quantitative estimate of drug-likeness (QED) is 0.711. The summed E-state index contributed by atoms with van der Waals surface area (Å²) in [6.45, 7) is 9.22. The van der Waals surface area contributed by atoms with E-state index in [0.29, 0.717) is 10.3 Å². The predicted octanol–water partition coefficient (Wildman–Crippen LogP) is 3.30. The molecular weight excluding hydrogens is 178 g/mol. The lowest BCUT2D eigenvalue weighted by Gasteiger charge is -2.37. The molecule has 1 nitrogen and oxygen atoms in total. The van der Waals surface area contributed by atoms with Crippen molar-refractivity contribution in [1.82, 2.24) is 5.32 Å². The van der Waals surface area contributed by atoms with Gasteiger partial charge >= 0.3 is 0 Å². The number of hydrogen-bond acceptors (Lipinski definition) is 2. The highest BCUT2D eigenvalue weighted by Gasteiger charge is 2.31. The molecule has 0 amide bonds. The molecule has 0 heterocycles.